The molecule has 0 amide bonds. The van der Waals surface area contributed by atoms with E-state index in [9.17, 15) is 14.4 Å². The molecular formula is C26H34N2O5. The zero-order valence-electron chi connectivity index (χ0n) is 20.5. The first-order valence-corrected chi connectivity index (χ1v) is 11.4. The molecule has 1 heterocycles. The summed E-state index contributed by atoms with van der Waals surface area (Å²) in [5.41, 5.74) is 4.08. The zero-order chi connectivity index (χ0) is 24.4. The average Bonchev–Trinajstić information content (AvgIpc) is 2.77. The summed E-state index contributed by atoms with van der Waals surface area (Å²) in [6.45, 7) is 7.50. The van der Waals surface area contributed by atoms with Crippen molar-refractivity contribution < 1.29 is 23.9 Å². The van der Waals surface area contributed by atoms with Crippen molar-refractivity contribution in [3.8, 4) is 0 Å². The topological polar surface area (TPSA) is 84.9 Å². The molecule has 0 radical (unpaired) electrons. The summed E-state index contributed by atoms with van der Waals surface area (Å²) in [5.74, 6) is -3.04. The van der Waals surface area contributed by atoms with Crippen molar-refractivity contribution in [2.24, 2.45) is 11.8 Å². The number of nitrogens with one attached hydrogen (secondary N) is 1. The van der Waals surface area contributed by atoms with Crippen LogP contribution in [0.2, 0.25) is 0 Å². The molecule has 1 N–H and O–H groups in total. The summed E-state index contributed by atoms with van der Waals surface area (Å²) in [7, 11) is 5.19. The molecule has 0 fully saturated rings. The Balaban J connectivity index is 2.16. The van der Waals surface area contributed by atoms with Gasteiger partial charge in [-0.05, 0) is 50.3 Å². The third kappa shape index (κ3) is 4.68. The Kier molecular flexibility index (Phi) is 7.30. The minimum Gasteiger partial charge on any atom is -0.468 e. The number of methoxy groups -OCH3 is 1. The smallest absolute Gasteiger partial charge is 0.337 e. The first kappa shape index (κ1) is 24.6. The molecule has 2 aliphatic rings. The molecule has 0 bridgehead atoms. The summed E-state index contributed by atoms with van der Waals surface area (Å²) in [6, 6.07) is 7.77. The number of anilines is 1. The monoisotopic (exact) mass is 454 g/mol. The van der Waals surface area contributed by atoms with Gasteiger partial charge in [-0.2, -0.15) is 0 Å². The van der Waals surface area contributed by atoms with E-state index in [-0.39, 0.29) is 17.8 Å². The Bertz CT molecular complexity index is 1010. The van der Waals surface area contributed by atoms with Gasteiger partial charge in [0.15, 0.2) is 5.78 Å². The van der Waals surface area contributed by atoms with E-state index in [0.29, 0.717) is 29.7 Å². The summed E-state index contributed by atoms with van der Waals surface area (Å²) in [5, 5.41) is 3.29. The van der Waals surface area contributed by atoms with Crippen LogP contribution in [-0.4, -0.2) is 45.0 Å². The Hall–Kier alpha value is -3.09. The van der Waals surface area contributed by atoms with Gasteiger partial charge >= 0.3 is 11.9 Å². The van der Waals surface area contributed by atoms with Gasteiger partial charge in [0.1, 0.15) is 5.92 Å². The van der Waals surface area contributed by atoms with Crippen molar-refractivity contribution in [2.75, 3.05) is 26.1 Å². The van der Waals surface area contributed by atoms with Crippen LogP contribution >= 0.6 is 0 Å². The number of hydrogen-bond acceptors (Lipinski definition) is 7. The van der Waals surface area contributed by atoms with Crippen LogP contribution in [-0.2, 0) is 23.9 Å². The summed E-state index contributed by atoms with van der Waals surface area (Å²) in [6.07, 6.45) is 0.940. The van der Waals surface area contributed by atoms with Gasteiger partial charge in [-0.15, -0.1) is 0 Å². The van der Waals surface area contributed by atoms with E-state index in [2.05, 4.69) is 5.32 Å². The van der Waals surface area contributed by atoms with E-state index in [1.54, 1.807) is 0 Å². The Morgan fingerprint density at radius 1 is 1.21 bits per heavy atom. The van der Waals surface area contributed by atoms with Gasteiger partial charge in [0, 0.05) is 42.7 Å². The number of carbonyl (C=O) groups is 3. The lowest BCUT2D eigenvalue weighted by Crippen LogP contribution is -2.43. The molecule has 7 nitrogen and oxygen atoms in total. The van der Waals surface area contributed by atoms with Crippen LogP contribution in [0.5, 0.6) is 0 Å². The van der Waals surface area contributed by atoms with Gasteiger partial charge < -0.3 is 19.7 Å². The highest BCUT2D eigenvalue weighted by Gasteiger charge is 2.47. The van der Waals surface area contributed by atoms with E-state index >= 15 is 0 Å². The Morgan fingerprint density at radius 2 is 1.85 bits per heavy atom. The van der Waals surface area contributed by atoms with Crippen molar-refractivity contribution in [3.05, 3.63) is 52.4 Å². The second-order valence-electron chi connectivity index (χ2n) is 9.15. The maximum absolute atomic E-state index is 13.7. The number of ketones is 1. The molecule has 178 valence electrons. The fourth-order valence-corrected chi connectivity index (χ4v) is 4.58. The van der Waals surface area contributed by atoms with E-state index in [1.807, 2.05) is 71.0 Å². The van der Waals surface area contributed by atoms with Crippen LogP contribution < -0.4 is 10.2 Å². The highest BCUT2D eigenvalue weighted by molar-refractivity contribution is 6.12. The third-order valence-electron chi connectivity index (χ3n) is 6.59. The maximum atomic E-state index is 13.7. The summed E-state index contributed by atoms with van der Waals surface area (Å²) < 4.78 is 10.6. The maximum Gasteiger partial charge on any atom is 0.337 e. The lowest BCUT2D eigenvalue weighted by atomic mass is 9.69. The predicted molar refractivity (Wildman–Crippen MR) is 127 cm³/mol. The first-order valence-electron chi connectivity index (χ1n) is 11.4. The van der Waals surface area contributed by atoms with E-state index < -0.39 is 23.8 Å². The number of carbonyl (C=O) groups excluding carboxylic acids is 3. The molecule has 1 aliphatic heterocycles. The largest absolute Gasteiger partial charge is 0.468 e. The van der Waals surface area contributed by atoms with Gasteiger partial charge in [0.25, 0.3) is 0 Å². The van der Waals surface area contributed by atoms with Crippen molar-refractivity contribution in [3.63, 3.8) is 0 Å². The molecule has 0 saturated carbocycles. The molecule has 4 atom stereocenters. The molecule has 0 unspecified atom stereocenters. The summed E-state index contributed by atoms with van der Waals surface area (Å²) >= 11 is 0. The van der Waals surface area contributed by atoms with Gasteiger partial charge in [-0.1, -0.05) is 26.0 Å². The summed E-state index contributed by atoms with van der Waals surface area (Å²) in [4.78, 5) is 41.5. The molecule has 0 spiro atoms. The molecule has 0 aromatic heterocycles. The second kappa shape index (κ2) is 9.81. The third-order valence-corrected chi connectivity index (χ3v) is 6.59. The van der Waals surface area contributed by atoms with E-state index in [4.69, 9.17) is 9.47 Å². The minimum absolute atomic E-state index is 0.214. The molecule has 0 saturated heterocycles. The molecular weight excluding hydrogens is 420 g/mol. The number of esters is 2. The normalized spacial score (nSPS) is 23.5. The number of allylic oxidation sites excluding steroid dienone is 3. The van der Waals surface area contributed by atoms with Crippen molar-refractivity contribution in [2.45, 2.75) is 52.6 Å². The SMILES string of the molecule is CC[C@@H](C)OC(=O)C1=C(C)NC2=C(C(=O)[C@H](C(=O)OC)[C@H](C)C2)[C@@H]1c1ccc(N(C)C)cc1. The quantitative estimate of drug-likeness (QED) is 0.518. The predicted octanol–water partition coefficient (Wildman–Crippen LogP) is 3.71. The molecule has 1 aromatic carbocycles. The van der Waals surface area contributed by atoms with Crippen LogP contribution in [0.25, 0.3) is 0 Å². The lowest BCUT2D eigenvalue weighted by molar-refractivity contribution is -0.151. The van der Waals surface area contributed by atoms with Crippen LogP contribution in [0, 0.1) is 11.8 Å². The van der Waals surface area contributed by atoms with Crippen LogP contribution in [0.4, 0.5) is 5.69 Å². The van der Waals surface area contributed by atoms with E-state index in [1.165, 1.54) is 7.11 Å². The second-order valence-corrected chi connectivity index (χ2v) is 9.15. The zero-order valence-corrected chi connectivity index (χ0v) is 20.5. The number of dihydropyridines is 1. The highest BCUT2D eigenvalue weighted by atomic mass is 16.5. The number of rotatable bonds is 6. The van der Waals surface area contributed by atoms with Gasteiger partial charge in [-0.3, -0.25) is 9.59 Å². The number of benzene rings is 1. The molecule has 33 heavy (non-hydrogen) atoms. The van der Waals surface area contributed by atoms with Gasteiger partial charge in [-0.25, -0.2) is 4.79 Å². The highest BCUT2D eigenvalue weighted by Crippen LogP contribution is 2.45. The standard InChI is InChI=1S/C26H34N2O5/c1-8-15(3)33-26(31)21-16(4)27-19-13-14(2)20(25(30)32-7)24(29)23(19)22(21)17-9-11-18(12-10-17)28(5)6/h9-12,14-15,20,22,27H,8,13H2,1-7H3/t14-,15-,20-,22-/m1/s1. The number of ether oxygens (including phenoxy) is 2. The molecule has 7 heteroatoms. The first-order chi connectivity index (χ1) is 15.6. The minimum atomic E-state index is -0.899. The van der Waals surface area contributed by atoms with Gasteiger partial charge in [0.05, 0.1) is 18.8 Å². The molecule has 1 aliphatic carbocycles. The van der Waals surface area contributed by atoms with Crippen LogP contribution in [0.15, 0.2) is 46.8 Å². The van der Waals surface area contributed by atoms with Crippen molar-refractivity contribution >= 4 is 23.4 Å². The fraction of sp³-hybridized carbons (Fsp3) is 0.500. The van der Waals surface area contributed by atoms with Crippen molar-refractivity contribution in [1.29, 1.82) is 0 Å². The average molecular weight is 455 g/mol. The lowest BCUT2D eigenvalue weighted by Gasteiger charge is -2.38. The van der Waals surface area contributed by atoms with Crippen molar-refractivity contribution in [1.82, 2.24) is 5.32 Å². The van der Waals surface area contributed by atoms with Gasteiger partial charge in [0.2, 0.25) is 0 Å². The number of Topliss-reactive ketones (excluding diaryl/α,β-unsaturated/α-hetero) is 1. The van der Waals surface area contributed by atoms with Crippen LogP contribution in [0.1, 0.15) is 52.0 Å². The molecule has 1 aromatic rings. The van der Waals surface area contributed by atoms with Crippen LogP contribution in [0.3, 0.4) is 0 Å². The van der Waals surface area contributed by atoms with E-state index in [0.717, 1.165) is 16.9 Å². The fourth-order valence-electron chi connectivity index (χ4n) is 4.58. The number of nitrogens with zero attached hydrogens (tertiary/aromatic N) is 1. The Morgan fingerprint density at radius 3 is 2.39 bits per heavy atom. The molecule has 3 rings (SSSR count). The number of hydrogen-bond donors (Lipinski definition) is 1. The Labute approximate surface area is 195 Å².